The molecular weight excluding hydrogens is 256 g/mol. The minimum absolute atomic E-state index is 0.0103. The van der Waals surface area contributed by atoms with Crippen LogP contribution in [0, 0.1) is 11.8 Å². The van der Waals surface area contributed by atoms with Gasteiger partial charge in [-0.05, 0) is 24.7 Å². The summed E-state index contributed by atoms with van der Waals surface area (Å²) in [4.78, 5) is 27.1. The van der Waals surface area contributed by atoms with Crippen LogP contribution in [0.25, 0.3) is 0 Å². The molecule has 0 atom stereocenters. The van der Waals surface area contributed by atoms with Crippen LogP contribution in [0.15, 0.2) is 0 Å². The molecular formula is C15H28N2O3. The van der Waals surface area contributed by atoms with E-state index in [-0.39, 0.29) is 18.5 Å². The summed E-state index contributed by atoms with van der Waals surface area (Å²) in [6.07, 6.45) is 2.03. The van der Waals surface area contributed by atoms with E-state index in [1.807, 2.05) is 4.90 Å². The molecule has 5 nitrogen and oxygen atoms in total. The Kier molecular flexibility index (Phi) is 6.30. The van der Waals surface area contributed by atoms with Gasteiger partial charge in [0.05, 0.1) is 6.42 Å². The predicted molar refractivity (Wildman–Crippen MR) is 78.6 cm³/mol. The maximum absolute atomic E-state index is 12.7. The van der Waals surface area contributed by atoms with Crippen LogP contribution in [-0.2, 0) is 4.79 Å². The van der Waals surface area contributed by atoms with E-state index in [4.69, 9.17) is 5.11 Å². The molecule has 0 heterocycles. The average Bonchev–Trinajstić information content (AvgIpc) is 3.10. The van der Waals surface area contributed by atoms with E-state index in [2.05, 4.69) is 27.7 Å². The van der Waals surface area contributed by atoms with Crippen LogP contribution in [0.2, 0.25) is 0 Å². The molecule has 0 bridgehead atoms. The zero-order chi connectivity index (χ0) is 15.3. The Bertz CT molecular complexity index is 328. The molecule has 1 aliphatic carbocycles. The topological polar surface area (TPSA) is 60.9 Å². The van der Waals surface area contributed by atoms with E-state index in [1.54, 1.807) is 4.90 Å². The molecule has 116 valence electrons. The number of hydrogen-bond acceptors (Lipinski definition) is 2. The average molecular weight is 284 g/mol. The summed E-state index contributed by atoms with van der Waals surface area (Å²) in [5, 5.41) is 8.82. The Balaban J connectivity index is 2.69. The molecule has 0 radical (unpaired) electrons. The van der Waals surface area contributed by atoms with Crippen molar-refractivity contribution in [3.8, 4) is 0 Å². The zero-order valence-corrected chi connectivity index (χ0v) is 13.1. The van der Waals surface area contributed by atoms with E-state index < -0.39 is 5.97 Å². The van der Waals surface area contributed by atoms with Crippen LogP contribution in [0.5, 0.6) is 0 Å². The van der Waals surface area contributed by atoms with Crippen LogP contribution in [0.1, 0.15) is 47.0 Å². The lowest BCUT2D eigenvalue weighted by atomic mass is 10.1. The number of hydrogen-bond donors (Lipinski definition) is 1. The SMILES string of the molecule is CC(C)CN(CC(C)C)C(=O)N(CCC(=O)O)C1CC1. The van der Waals surface area contributed by atoms with Gasteiger partial charge in [-0.2, -0.15) is 0 Å². The molecule has 0 aromatic carbocycles. The van der Waals surface area contributed by atoms with Crippen LogP contribution < -0.4 is 0 Å². The van der Waals surface area contributed by atoms with E-state index in [0.717, 1.165) is 25.9 Å². The summed E-state index contributed by atoms with van der Waals surface area (Å²) < 4.78 is 0. The van der Waals surface area contributed by atoms with E-state index in [9.17, 15) is 9.59 Å². The number of carbonyl (C=O) groups excluding carboxylic acids is 1. The number of aliphatic carboxylic acids is 1. The van der Waals surface area contributed by atoms with Gasteiger partial charge in [0.2, 0.25) is 0 Å². The Morgan fingerprint density at radius 1 is 1.10 bits per heavy atom. The lowest BCUT2D eigenvalue weighted by Crippen LogP contribution is -2.47. The number of carboxylic acids is 1. The second-order valence-electron chi connectivity index (χ2n) is 6.54. The number of amides is 2. The van der Waals surface area contributed by atoms with Crippen LogP contribution in [0.3, 0.4) is 0 Å². The van der Waals surface area contributed by atoms with Gasteiger partial charge in [-0.3, -0.25) is 4.79 Å². The van der Waals surface area contributed by atoms with Gasteiger partial charge in [0, 0.05) is 25.7 Å². The largest absolute Gasteiger partial charge is 0.481 e. The molecule has 0 spiro atoms. The number of carbonyl (C=O) groups is 2. The van der Waals surface area contributed by atoms with Crippen molar-refractivity contribution in [1.29, 1.82) is 0 Å². The number of nitrogens with zero attached hydrogens (tertiary/aromatic N) is 2. The molecule has 0 aromatic heterocycles. The number of carboxylic acid groups (broad SMARTS) is 1. The Morgan fingerprint density at radius 3 is 1.95 bits per heavy atom. The normalized spacial score (nSPS) is 14.7. The summed E-state index contributed by atoms with van der Waals surface area (Å²) >= 11 is 0. The highest BCUT2D eigenvalue weighted by atomic mass is 16.4. The third-order valence-corrected chi connectivity index (χ3v) is 3.24. The fourth-order valence-corrected chi connectivity index (χ4v) is 2.33. The zero-order valence-electron chi connectivity index (χ0n) is 13.1. The van der Waals surface area contributed by atoms with Gasteiger partial charge in [0.1, 0.15) is 0 Å². The van der Waals surface area contributed by atoms with Gasteiger partial charge in [-0.25, -0.2) is 4.79 Å². The van der Waals surface area contributed by atoms with Crippen molar-refractivity contribution < 1.29 is 14.7 Å². The standard InChI is InChI=1S/C15H28N2O3/c1-11(2)9-16(10-12(3)4)15(20)17(13-5-6-13)8-7-14(18)19/h11-13H,5-10H2,1-4H3,(H,18,19). The summed E-state index contributed by atoms with van der Waals surface area (Å²) in [6.45, 7) is 10.2. The monoisotopic (exact) mass is 284 g/mol. The highest BCUT2D eigenvalue weighted by Gasteiger charge is 2.35. The van der Waals surface area contributed by atoms with Crippen LogP contribution in [-0.4, -0.2) is 52.6 Å². The van der Waals surface area contributed by atoms with E-state index in [1.165, 1.54) is 0 Å². The molecule has 1 saturated carbocycles. The molecule has 1 aliphatic rings. The molecule has 0 aliphatic heterocycles. The van der Waals surface area contributed by atoms with E-state index >= 15 is 0 Å². The van der Waals surface area contributed by atoms with Crippen molar-refractivity contribution in [2.24, 2.45) is 11.8 Å². The fourth-order valence-electron chi connectivity index (χ4n) is 2.33. The smallest absolute Gasteiger partial charge is 0.320 e. The second kappa shape index (κ2) is 7.50. The predicted octanol–water partition coefficient (Wildman–Crippen LogP) is 2.66. The first-order valence-corrected chi connectivity index (χ1v) is 7.58. The quantitative estimate of drug-likeness (QED) is 0.745. The van der Waals surface area contributed by atoms with Crippen LogP contribution >= 0.6 is 0 Å². The van der Waals surface area contributed by atoms with Gasteiger partial charge in [0.15, 0.2) is 0 Å². The van der Waals surface area contributed by atoms with Gasteiger partial charge in [-0.1, -0.05) is 27.7 Å². The van der Waals surface area contributed by atoms with Crippen molar-refractivity contribution in [2.45, 2.75) is 53.0 Å². The second-order valence-corrected chi connectivity index (χ2v) is 6.54. The molecule has 1 N–H and O–H groups in total. The van der Waals surface area contributed by atoms with Crippen molar-refractivity contribution >= 4 is 12.0 Å². The van der Waals surface area contributed by atoms with Gasteiger partial charge in [0.25, 0.3) is 0 Å². The van der Waals surface area contributed by atoms with Crippen molar-refractivity contribution in [1.82, 2.24) is 9.80 Å². The molecule has 1 fully saturated rings. The summed E-state index contributed by atoms with van der Waals surface area (Å²) in [5.74, 6) is -0.0147. The lowest BCUT2D eigenvalue weighted by molar-refractivity contribution is -0.137. The summed E-state index contributed by atoms with van der Waals surface area (Å²) in [5.41, 5.74) is 0. The minimum Gasteiger partial charge on any atom is -0.481 e. The number of rotatable bonds is 8. The van der Waals surface area contributed by atoms with Crippen LogP contribution in [0.4, 0.5) is 4.79 Å². The highest BCUT2D eigenvalue weighted by Crippen LogP contribution is 2.28. The molecule has 0 aromatic rings. The molecule has 0 unspecified atom stereocenters. The Labute approximate surface area is 121 Å². The molecule has 5 heteroatoms. The lowest BCUT2D eigenvalue weighted by Gasteiger charge is -2.32. The van der Waals surface area contributed by atoms with Gasteiger partial charge in [-0.15, -0.1) is 0 Å². The van der Waals surface area contributed by atoms with Gasteiger partial charge >= 0.3 is 12.0 Å². The molecule has 2 amide bonds. The Morgan fingerprint density at radius 2 is 1.60 bits per heavy atom. The van der Waals surface area contributed by atoms with E-state index in [0.29, 0.717) is 18.4 Å². The molecule has 1 rings (SSSR count). The first-order valence-electron chi connectivity index (χ1n) is 7.58. The third-order valence-electron chi connectivity index (χ3n) is 3.24. The molecule has 0 saturated heterocycles. The number of urea groups is 1. The first-order chi connectivity index (χ1) is 9.31. The maximum atomic E-state index is 12.7. The molecule has 20 heavy (non-hydrogen) atoms. The minimum atomic E-state index is -0.845. The van der Waals surface area contributed by atoms with Crippen molar-refractivity contribution in [3.05, 3.63) is 0 Å². The highest BCUT2D eigenvalue weighted by molar-refractivity contribution is 5.76. The third kappa shape index (κ3) is 5.80. The first kappa shape index (κ1) is 16.8. The summed E-state index contributed by atoms with van der Waals surface area (Å²) in [6, 6.07) is 0.264. The fraction of sp³-hybridized carbons (Fsp3) is 0.867. The summed E-state index contributed by atoms with van der Waals surface area (Å²) in [7, 11) is 0. The van der Waals surface area contributed by atoms with Gasteiger partial charge < -0.3 is 14.9 Å². The van der Waals surface area contributed by atoms with Crippen molar-refractivity contribution in [2.75, 3.05) is 19.6 Å². The van der Waals surface area contributed by atoms with Crippen molar-refractivity contribution in [3.63, 3.8) is 0 Å². The Hall–Kier alpha value is -1.26. The maximum Gasteiger partial charge on any atom is 0.320 e.